The molecule has 1 atom stereocenters. The zero-order valence-corrected chi connectivity index (χ0v) is 15.4. The first-order chi connectivity index (χ1) is 11.7. The van der Waals surface area contributed by atoms with Crippen molar-refractivity contribution in [3.63, 3.8) is 0 Å². The maximum atomic E-state index is 5.44. The summed E-state index contributed by atoms with van der Waals surface area (Å²) in [6, 6.07) is 6.52. The second kappa shape index (κ2) is 7.96. The predicted molar refractivity (Wildman–Crippen MR) is 97.8 cm³/mol. The van der Waals surface area contributed by atoms with E-state index in [9.17, 15) is 0 Å². The van der Waals surface area contributed by atoms with Crippen LogP contribution in [-0.4, -0.2) is 42.4 Å². The van der Waals surface area contributed by atoms with Crippen LogP contribution in [0.1, 0.15) is 26.5 Å². The highest BCUT2D eigenvalue weighted by molar-refractivity contribution is 7.13. The van der Waals surface area contributed by atoms with E-state index < -0.39 is 0 Å². The smallest absolute Gasteiger partial charge is 0.231 e. The minimum Gasteiger partial charge on any atom is -0.454 e. The molecule has 1 aromatic carbocycles. The van der Waals surface area contributed by atoms with E-state index in [1.54, 1.807) is 11.3 Å². The molecule has 0 amide bonds. The third kappa shape index (κ3) is 3.88. The van der Waals surface area contributed by atoms with E-state index in [-0.39, 0.29) is 0 Å². The second-order valence-corrected chi connectivity index (χ2v) is 6.77. The molecular weight excluding hydrogens is 322 g/mol. The van der Waals surface area contributed by atoms with Crippen LogP contribution in [0.25, 0.3) is 10.6 Å². The Balaban J connectivity index is 1.56. The summed E-state index contributed by atoms with van der Waals surface area (Å²) in [6.07, 6.45) is 0. The second-order valence-electron chi connectivity index (χ2n) is 5.91. The fraction of sp³-hybridized carbons (Fsp3) is 0.500. The number of thiazole rings is 1. The summed E-state index contributed by atoms with van der Waals surface area (Å²) in [4.78, 5) is 7.18. The molecule has 0 saturated carbocycles. The Hall–Kier alpha value is -1.63. The lowest BCUT2D eigenvalue weighted by Crippen LogP contribution is -2.40. The number of fused-ring (bicyclic) bond motifs is 1. The van der Waals surface area contributed by atoms with Crippen LogP contribution in [0.3, 0.4) is 0 Å². The molecule has 0 aliphatic carbocycles. The Morgan fingerprint density at radius 1 is 1.25 bits per heavy atom. The molecule has 0 bridgehead atoms. The van der Waals surface area contributed by atoms with Crippen molar-refractivity contribution in [3.05, 3.63) is 29.3 Å². The Labute approximate surface area is 147 Å². The zero-order chi connectivity index (χ0) is 16.9. The Kier molecular flexibility index (Phi) is 5.71. The van der Waals surface area contributed by atoms with Crippen LogP contribution in [0.15, 0.2) is 23.6 Å². The first kappa shape index (κ1) is 17.2. The lowest BCUT2D eigenvalue weighted by molar-refractivity contribution is 0.174. The van der Waals surface area contributed by atoms with Gasteiger partial charge in [0.15, 0.2) is 11.5 Å². The van der Waals surface area contributed by atoms with Crippen LogP contribution in [0, 0.1) is 0 Å². The van der Waals surface area contributed by atoms with Gasteiger partial charge in [-0.25, -0.2) is 4.98 Å². The van der Waals surface area contributed by atoms with Gasteiger partial charge >= 0.3 is 0 Å². The number of rotatable bonds is 8. The zero-order valence-electron chi connectivity index (χ0n) is 14.5. The summed E-state index contributed by atoms with van der Waals surface area (Å²) in [5, 5.41) is 6.65. The highest BCUT2D eigenvalue weighted by atomic mass is 32.1. The third-order valence-electron chi connectivity index (χ3n) is 4.35. The lowest BCUT2D eigenvalue weighted by Gasteiger charge is -2.26. The topological polar surface area (TPSA) is 46.6 Å². The van der Waals surface area contributed by atoms with E-state index in [2.05, 4.69) is 36.4 Å². The SMILES string of the molecule is CCN(CC)C(C)CNCc1csc(-c2ccc3c(c2)OCO3)n1. The number of ether oxygens (including phenoxy) is 2. The van der Waals surface area contributed by atoms with Crippen molar-refractivity contribution in [2.24, 2.45) is 0 Å². The molecule has 1 unspecified atom stereocenters. The van der Waals surface area contributed by atoms with Gasteiger partial charge in [0, 0.05) is 30.1 Å². The van der Waals surface area contributed by atoms with E-state index >= 15 is 0 Å². The molecule has 3 rings (SSSR count). The first-order valence-electron chi connectivity index (χ1n) is 8.50. The molecule has 1 aromatic heterocycles. The summed E-state index contributed by atoms with van der Waals surface area (Å²) in [5.74, 6) is 1.61. The maximum Gasteiger partial charge on any atom is 0.231 e. The standard InChI is InChI=1S/C18H25N3O2S/c1-4-21(5-2)13(3)9-19-10-15-11-24-18(20-15)14-6-7-16-17(8-14)23-12-22-16/h6-8,11,13,19H,4-5,9-10,12H2,1-3H3. The summed E-state index contributed by atoms with van der Waals surface area (Å²) >= 11 is 1.66. The third-order valence-corrected chi connectivity index (χ3v) is 5.29. The van der Waals surface area contributed by atoms with Gasteiger partial charge in [-0.3, -0.25) is 4.90 Å². The molecule has 5 nitrogen and oxygen atoms in total. The molecule has 0 radical (unpaired) electrons. The van der Waals surface area contributed by atoms with E-state index in [1.807, 2.05) is 18.2 Å². The maximum absolute atomic E-state index is 5.44. The lowest BCUT2D eigenvalue weighted by atomic mass is 10.2. The normalized spacial score (nSPS) is 14.3. The minimum absolute atomic E-state index is 0.302. The quantitative estimate of drug-likeness (QED) is 0.793. The fourth-order valence-electron chi connectivity index (χ4n) is 2.94. The van der Waals surface area contributed by atoms with Crippen molar-refractivity contribution in [1.29, 1.82) is 0 Å². The van der Waals surface area contributed by atoms with Crippen molar-refractivity contribution in [1.82, 2.24) is 15.2 Å². The molecular formula is C18H25N3O2S. The number of hydrogen-bond acceptors (Lipinski definition) is 6. The van der Waals surface area contributed by atoms with Gasteiger partial charge < -0.3 is 14.8 Å². The number of aromatic nitrogens is 1. The van der Waals surface area contributed by atoms with Gasteiger partial charge in [0.05, 0.1) is 5.69 Å². The molecule has 1 aliphatic rings. The highest BCUT2D eigenvalue weighted by Crippen LogP contribution is 2.36. The Morgan fingerprint density at radius 3 is 2.83 bits per heavy atom. The van der Waals surface area contributed by atoms with Crippen molar-refractivity contribution >= 4 is 11.3 Å². The average Bonchev–Trinajstić information content (AvgIpc) is 3.24. The van der Waals surface area contributed by atoms with E-state index in [0.717, 1.165) is 53.9 Å². The summed E-state index contributed by atoms with van der Waals surface area (Å²) in [5.41, 5.74) is 2.16. The van der Waals surface area contributed by atoms with Crippen LogP contribution in [0.5, 0.6) is 11.5 Å². The van der Waals surface area contributed by atoms with Crippen molar-refractivity contribution in [2.75, 3.05) is 26.4 Å². The Bertz CT molecular complexity index is 670. The van der Waals surface area contributed by atoms with Gasteiger partial charge in [0.25, 0.3) is 0 Å². The number of hydrogen-bond donors (Lipinski definition) is 1. The Morgan fingerprint density at radius 2 is 2.04 bits per heavy atom. The minimum atomic E-state index is 0.302. The van der Waals surface area contributed by atoms with Gasteiger partial charge in [-0.2, -0.15) is 0 Å². The molecule has 1 N–H and O–H groups in total. The first-order valence-corrected chi connectivity index (χ1v) is 9.38. The molecule has 1 aliphatic heterocycles. The predicted octanol–water partition coefficient (Wildman–Crippen LogP) is 3.36. The van der Waals surface area contributed by atoms with Crippen LogP contribution in [-0.2, 0) is 6.54 Å². The fourth-order valence-corrected chi connectivity index (χ4v) is 3.75. The van der Waals surface area contributed by atoms with E-state index in [0.29, 0.717) is 12.8 Å². The summed E-state index contributed by atoms with van der Waals surface area (Å²) < 4.78 is 10.8. The van der Waals surface area contributed by atoms with Gasteiger partial charge in [0.2, 0.25) is 6.79 Å². The number of nitrogens with one attached hydrogen (secondary N) is 1. The molecule has 130 valence electrons. The van der Waals surface area contributed by atoms with Gasteiger partial charge in [-0.05, 0) is 38.2 Å². The number of nitrogens with zero attached hydrogens (tertiary/aromatic N) is 2. The van der Waals surface area contributed by atoms with Gasteiger partial charge in [0.1, 0.15) is 5.01 Å². The van der Waals surface area contributed by atoms with Crippen LogP contribution in [0.2, 0.25) is 0 Å². The van der Waals surface area contributed by atoms with Crippen LogP contribution >= 0.6 is 11.3 Å². The molecule has 0 fully saturated rings. The van der Waals surface area contributed by atoms with Gasteiger partial charge in [-0.15, -0.1) is 11.3 Å². The molecule has 2 heterocycles. The van der Waals surface area contributed by atoms with Crippen molar-refractivity contribution in [3.8, 4) is 22.1 Å². The number of benzene rings is 1. The largest absolute Gasteiger partial charge is 0.454 e. The van der Waals surface area contributed by atoms with E-state index in [1.165, 1.54) is 0 Å². The van der Waals surface area contributed by atoms with Crippen molar-refractivity contribution < 1.29 is 9.47 Å². The molecule has 2 aromatic rings. The summed E-state index contributed by atoms with van der Waals surface area (Å²) in [7, 11) is 0. The monoisotopic (exact) mass is 347 g/mol. The average molecular weight is 347 g/mol. The van der Waals surface area contributed by atoms with Crippen molar-refractivity contribution in [2.45, 2.75) is 33.4 Å². The van der Waals surface area contributed by atoms with Gasteiger partial charge in [-0.1, -0.05) is 13.8 Å². The van der Waals surface area contributed by atoms with Crippen LogP contribution < -0.4 is 14.8 Å². The molecule has 24 heavy (non-hydrogen) atoms. The molecule has 6 heteroatoms. The van der Waals surface area contributed by atoms with E-state index in [4.69, 9.17) is 14.5 Å². The molecule has 0 saturated heterocycles. The summed E-state index contributed by atoms with van der Waals surface area (Å²) in [6.45, 7) is 10.9. The van der Waals surface area contributed by atoms with Crippen LogP contribution in [0.4, 0.5) is 0 Å². The molecule has 0 spiro atoms. The number of likely N-dealkylation sites (N-methyl/N-ethyl adjacent to an activating group) is 1. The highest BCUT2D eigenvalue weighted by Gasteiger charge is 2.15.